The number of nitrogens with one attached hydrogen (secondary N) is 1. The largest absolute Gasteiger partial charge is 0.337 e. The summed E-state index contributed by atoms with van der Waals surface area (Å²) in [5, 5.41) is 5.93. The zero-order chi connectivity index (χ0) is 16.2. The van der Waals surface area contributed by atoms with Crippen LogP contribution in [0, 0.1) is 13.8 Å². The van der Waals surface area contributed by atoms with Crippen molar-refractivity contribution >= 4 is 28.1 Å². The zero-order valence-electron chi connectivity index (χ0n) is 13.8. The number of thiazole rings is 1. The highest BCUT2D eigenvalue weighted by atomic mass is 32.1. The van der Waals surface area contributed by atoms with Gasteiger partial charge in [-0.15, -0.1) is 11.3 Å². The Kier molecular flexibility index (Phi) is 4.96. The molecule has 4 nitrogen and oxygen atoms in total. The van der Waals surface area contributed by atoms with E-state index in [1.165, 1.54) is 35.3 Å². The van der Waals surface area contributed by atoms with Crippen molar-refractivity contribution in [3.8, 4) is 0 Å². The van der Waals surface area contributed by atoms with Crippen molar-refractivity contribution in [2.45, 2.75) is 39.5 Å². The highest BCUT2D eigenvalue weighted by molar-refractivity contribution is 7.14. The summed E-state index contributed by atoms with van der Waals surface area (Å²) in [6.45, 7) is 5.91. The first-order valence-electron chi connectivity index (χ1n) is 8.22. The summed E-state index contributed by atoms with van der Waals surface area (Å²) in [7, 11) is 0. The molecule has 2 heterocycles. The van der Waals surface area contributed by atoms with Crippen LogP contribution in [-0.2, 0) is 0 Å². The molecule has 1 aromatic carbocycles. The van der Waals surface area contributed by atoms with E-state index in [-0.39, 0.29) is 5.91 Å². The van der Waals surface area contributed by atoms with Gasteiger partial charge in [-0.05, 0) is 49.9 Å². The van der Waals surface area contributed by atoms with Crippen LogP contribution in [0.2, 0.25) is 0 Å². The molecule has 0 atom stereocenters. The molecule has 1 saturated heterocycles. The van der Waals surface area contributed by atoms with Gasteiger partial charge in [0.05, 0.1) is 0 Å². The predicted octanol–water partition coefficient (Wildman–Crippen LogP) is 4.52. The molecule has 3 rings (SSSR count). The third-order valence-corrected chi connectivity index (χ3v) is 5.13. The summed E-state index contributed by atoms with van der Waals surface area (Å²) in [5.74, 6) is 0.0660. The summed E-state index contributed by atoms with van der Waals surface area (Å²) >= 11 is 1.48. The van der Waals surface area contributed by atoms with Crippen LogP contribution in [0.3, 0.4) is 0 Å². The number of rotatable bonds is 3. The lowest BCUT2D eigenvalue weighted by Crippen LogP contribution is -2.32. The monoisotopic (exact) mass is 329 g/mol. The fraction of sp³-hybridized carbons (Fsp3) is 0.444. The third kappa shape index (κ3) is 3.91. The molecule has 0 unspecified atom stereocenters. The number of carbonyl (C=O) groups is 1. The van der Waals surface area contributed by atoms with E-state index >= 15 is 0 Å². The highest BCUT2D eigenvalue weighted by Crippen LogP contribution is 2.24. The quantitative estimate of drug-likeness (QED) is 0.900. The van der Waals surface area contributed by atoms with Gasteiger partial charge in [0, 0.05) is 24.2 Å². The van der Waals surface area contributed by atoms with Crippen LogP contribution in [0.1, 0.15) is 47.3 Å². The summed E-state index contributed by atoms with van der Waals surface area (Å²) < 4.78 is 0. The SMILES string of the molecule is Cc1ccc(Nc2nc(C(=O)N3CCCCCC3)cs2)cc1C. The highest BCUT2D eigenvalue weighted by Gasteiger charge is 2.19. The minimum atomic E-state index is 0.0660. The average molecular weight is 329 g/mol. The van der Waals surface area contributed by atoms with Crippen molar-refractivity contribution in [2.24, 2.45) is 0 Å². The molecule has 0 radical (unpaired) electrons. The van der Waals surface area contributed by atoms with Crippen LogP contribution in [0.15, 0.2) is 23.6 Å². The van der Waals surface area contributed by atoms with Crippen molar-refractivity contribution in [3.63, 3.8) is 0 Å². The first-order valence-corrected chi connectivity index (χ1v) is 9.10. The van der Waals surface area contributed by atoms with Gasteiger partial charge in [0.2, 0.25) is 0 Å². The Hall–Kier alpha value is -1.88. The van der Waals surface area contributed by atoms with E-state index in [2.05, 4.69) is 36.3 Å². The van der Waals surface area contributed by atoms with Gasteiger partial charge in [-0.1, -0.05) is 18.9 Å². The molecule has 0 bridgehead atoms. The fourth-order valence-corrected chi connectivity index (χ4v) is 3.51. The van der Waals surface area contributed by atoms with E-state index in [4.69, 9.17) is 0 Å². The van der Waals surface area contributed by atoms with Gasteiger partial charge >= 0.3 is 0 Å². The molecule has 1 aliphatic heterocycles. The van der Waals surface area contributed by atoms with E-state index in [0.717, 1.165) is 36.8 Å². The topological polar surface area (TPSA) is 45.2 Å². The third-order valence-electron chi connectivity index (χ3n) is 4.37. The molecule has 1 aliphatic rings. The molecular weight excluding hydrogens is 306 g/mol. The Morgan fingerprint density at radius 2 is 1.87 bits per heavy atom. The van der Waals surface area contributed by atoms with Gasteiger partial charge < -0.3 is 10.2 Å². The number of anilines is 2. The number of aromatic nitrogens is 1. The second kappa shape index (κ2) is 7.13. The Balaban J connectivity index is 1.69. The molecule has 23 heavy (non-hydrogen) atoms. The molecule has 1 N–H and O–H groups in total. The lowest BCUT2D eigenvalue weighted by atomic mass is 10.1. The van der Waals surface area contributed by atoms with Crippen molar-refractivity contribution in [1.82, 2.24) is 9.88 Å². The lowest BCUT2D eigenvalue weighted by Gasteiger charge is -2.18. The van der Waals surface area contributed by atoms with Gasteiger partial charge in [0.25, 0.3) is 5.91 Å². The molecule has 1 fully saturated rings. The van der Waals surface area contributed by atoms with Crippen LogP contribution in [0.5, 0.6) is 0 Å². The molecule has 5 heteroatoms. The predicted molar refractivity (Wildman–Crippen MR) is 95.7 cm³/mol. The average Bonchev–Trinajstić information content (AvgIpc) is 2.83. The maximum absolute atomic E-state index is 12.6. The molecule has 122 valence electrons. The second-order valence-electron chi connectivity index (χ2n) is 6.17. The molecule has 1 aromatic heterocycles. The Labute approximate surface area is 141 Å². The van der Waals surface area contributed by atoms with E-state index in [1.54, 1.807) is 0 Å². The van der Waals surface area contributed by atoms with Crippen molar-refractivity contribution in [3.05, 3.63) is 40.4 Å². The van der Waals surface area contributed by atoms with Crippen LogP contribution >= 0.6 is 11.3 Å². The molecule has 1 amide bonds. The Bertz CT molecular complexity index is 687. The molecule has 2 aromatic rings. The van der Waals surface area contributed by atoms with E-state index in [0.29, 0.717) is 5.69 Å². The molecule has 0 spiro atoms. The number of benzene rings is 1. The summed E-state index contributed by atoms with van der Waals surface area (Å²) in [4.78, 5) is 19.0. The Morgan fingerprint density at radius 3 is 2.57 bits per heavy atom. The number of amides is 1. The number of likely N-dealkylation sites (tertiary alicyclic amines) is 1. The smallest absolute Gasteiger partial charge is 0.273 e. The first kappa shape index (κ1) is 16.0. The number of carbonyl (C=O) groups excluding carboxylic acids is 1. The van der Waals surface area contributed by atoms with Gasteiger partial charge in [-0.3, -0.25) is 4.79 Å². The minimum absolute atomic E-state index is 0.0660. The van der Waals surface area contributed by atoms with E-state index in [9.17, 15) is 4.79 Å². The van der Waals surface area contributed by atoms with Crippen LogP contribution < -0.4 is 5.32 Å². The number of aryl methyl sites for hydroxylation is 2. The molecule has 0 saturated carbocycles. The van der Waals surface area contributed by atoms with Crippen LogP contribution in [0.4, 0.5) is 10.8 Å². The number of hydrogen-bond acceptors (Lipinski definition) is 4. The van der Waals surface area contributed by atoms with Crippen molar-refractivity contribution in [2.75, 3.05) is 18.4 Å². The van der Waals surface area contributed by atoms with Gasteiger partial charge in [-0.25, -0.2) is 4.98 Å². The van der Waals surface area contributed by atoms with Crippen LogP contribution in [-0.4, -0.2) is 28.9 Å². The number of hydrogen-bond donors (Lipinski definition) is 1. The zero-order valence-corrected chi connectivity index (χ0v) is 14.6. The number of nitrogens with zero attached hydrogens (tertiary/aromatic N) is 2. The van der Waals surface area contributed by atoms with Crippen molar-refractivity contribution in [1.29, 1.82) is 0 Å². The van der Waals surface area contributed by atoms with Gasteiger partial charge in [-0.2, -0.15) is 0 Å². The maximum Gasteiger partial charge on any atom is 0.273 e. The standard InChI is InChI=1S/C18H23N3OS/c1-13-7-8-15(11-14(13)2)19-18-20-16(12-23-18)17(22)21-9-5-3-4-6-10-21/h7-8,11-12H,3-6,9-10H2,1-2H3,(H,19,20). The summed E-state index contributed by atoms with van der Waals surface area (Å²) in [5.41, 5.74) is 4.08. The first-order chi connectivity index (χ1) is 11.1. The maximum atomic E-state index is 12.6. The lowest BCUT2D eigenvalue weighted by molar-refractivity contribution is 0.0756. The fourth-order valence-electron chi connectivity index (χ4n) is 2.81. The Morgan fingerprint density at radius 1 is 1.13 bits per heavy atom. The molecular formula is C18H23N3OS. The van der Waals surface area contributed by atoms with Crippen LogP contribution in [0.25, 0.3) is 0 Å². The minimum Gasteiger partial charge on any atom is -0.337 e. The van der Waals surface area contributed by atoms with Crippen molar-refractivity contribution < 1.29 is 4.79 Å². The van der Waals surface area contributed by atoms with Gasteiger partial charge in [0.1, 0.15) is 5.69 Å². The normalized spacial score (nSPS) is 15.3. The summed E-state index contributed by atoms with van der Waals surface area (Å²) in [6, 6.07) is 6.24. The van der Waals surface area contributed by atoms with Gasteiger partial charge in [0.15, 0.2) is 5.13 Å². The van der Waals surface area contributed by atoms with E-state index in [1.807, 2.05) is 16.3 Å². The second-order valence-corrected chi connectivity index (χ2v) is 7.03. The van der Waals surface area contributed by atoms with E-state index < -0.39 is 0 Å². The summed E-state index contributed by atoms with van der Waals surface area (Å²) in [6.07, 6.45) is 4.65. The molecule has 0 aliphatic carbocycles.